The van der Waals surface area contributed by atoms with Gasteiger partial charge in [-0.15, -0.1) is 0 Å². The maximum Gasteiger partial charge on any atom is 0.151 e. The highest BCUT2D eigenvalue weighted by Gasteiger charge is 2.55. The van der Waals surface area contributed by atoms with Crippen LogP contribution in [0, 0.1) is 5.92 Å². The fourth-order valence-corrected chi connectivity index (χ4v) is 4.04. The van der Waals surface area contributed by atoms with E-state index < -0.39 is 9.84 Å². The number of hydrogen-bond acceptors (Lipinski definition) is 3. The molecule has 3 atom stereocenters. The standard InChI is InChI=1S/C11H15NO2S/c1-15(13,14)11-9(7-12)10(11)8-5-3-2-4-6-8/h2-6,9-11H,7,12H2,1H3/t9-,10-,11-/m1/s1. The molecular weight excluding hydrogens is 210 g/mol. The van der Waals surface area contributed by atoms with E-state index in [1.807, 2.05) is 30.3 Å². The van der Waals surface area contributed by atoms with Crippen LogP contribution in [0.25, 0.3) is 0 Å². The van der Waals surface area contributed by atoms with Gasteiger partial charge in [0.1, 0.15) is 0 Å². The quantitative estimate of drug-likeness (QED) is 0.826. The molecule has 2 N–H and O–H groups in total. The molecule has 2 rings (SSSR count). The van der Waals surface area contributed by atoms with Crippen molar-refractivity contribution in [2.45, 2.75) is 11.2 Å². The van der Waals surface area contributed by atoms with Gasteiger partial charge in [0.25, 0.3) is 0 Å². The third-order valence-corrected chi connectivity index (χ3v) is 4.68. The fraction of sp³-hybridized carbons (Fsp3) is 0.455. The molecular formula is C11H15NO2S. The van der Waals surface area contributed by atoms with Crippen molar-refractivity contribution < 1.29 is 8.42 Å². The molecule has 82 valence electrons. The van der Waals surface area contributed by atoms with Gasteiger partial charge >= 0.3 is 0 Å². The van der Waals surface area contributed by atoms with E-state index in [0.717, 1.165) is 5.56 Å². The Labute approximate surface area is 90.2 Å². The Hall–Kier alpha value is -0.870. The lowest BCUT2D eigenvalue weighted by molar-refractivity contribution is 0.597. The van der Waals surface area contributed by atoms with Gasteiger partial charge in [-0.05, 0) is 18.0 Å². The Balaban J connectivity index is 2.27. The molecule has 1 aromatic carbocycles. The van der Waals surface area contributed by atoms with E-state index in [1.165, 1.54) is 6.26 Å². The van der Waals surface area contributed by atoms with E-state index in [2.05, 4.69) is 0 Å². The van der Waals surface area contributed by atoms with E-state index in [0.29, 0.717) is 6.54 Å². The van der Waals surface area contributed by atoms with Crippen molar-refractivity contribution in [1.82, 2.24) is 0 Å². The number of rotatable bonds is 3. The summed E-state index contributed by atoms with van der Waals surface area (Å²) in [6.45, 7) is 0.442. The third kappa shape index (κ3) is 1.92. The van der Waals surface area contributed by atoms with Gasteiger partial charge in [-0.2, -0.15) is 0 Å². The monoisotopic (exact) mass is 225 g/mol. The fourth-order valence-electron chi connectivity index (χ4n) is 2.32. The zero-order valence-electron chi connectivity index (χ0n) is 8.63. The van der Waals surface area contributed by atoms with Gasteiger partial charge in [0.2, 0.25) is 0 Å². The van der Waals surface area contributed by atoms with Crippen LogP contribution in [0.3, 0.4) is 0 Å². The largest absolute Gasteiger partial charge is 0.330 e. The van der Waals surface area contributed by atoms with Crippen LogP contribution in [0.5, 0.6) is 0 Å². The van der Waals surface area contributed by atoms with Gasteiger partial charge in [-0.1, -0.05) is 30.3 Å². The van der Waals surface area contributed by atoms with Gasteiger partial charge in [0.15, 0.2) is 9.84 Å². The minimum absolute atomic E-state index is 0.0994. The first-order valence-corrected chi connectivity index (χ1v) is 6.95. The number of hydrogen-bond donors (Lipinski definition) is 1. The lowest BCUT2D eigenvalue weighted by Gasteiger charge is -1.97. The Morgan fingerprint density at radius 3 is 2.27 bits per heavy atom. The Morgan fingerprint density at radius 2 is 1.87 bits per heavy atom. The van der Waals surface area contributed by atoms with Crippen LogP contribution in [0.4, 0.5) is 0 Å². The predicted octanol–water partition coefficient (Wildman–Crippen LogP) is 0.772. The number of sulfone groups is 1. The molecule has 0 aromatic heterocycles. The molecule has 0 bridgehead atoms. The average Bonchev–Trinajstić information content (AvgIpc) is 2.92. The molecule has 0 aliphatic heterocycles. The normalized spacial score (nSPS) is 30.1. The summed E-state index contributed by atoms with van der Waals surface area (Å²) in [5, 5.41) is -0.273. The van der Waals surface area contributed by atoms with Crippen molar-refractivity contribution in [3.8, 4) is 0 Å². The van der Waals surface area contributed by atoms with Crippen LogP contribution in [0.2, 0.25) is 0 Å². The zero-order chi connectivity index (χ0) is 11.1. The summed E-state index contributed by atoms with van der Waals surface area (Å²) in [7, 11) is -2.97. The maximum atomic E-state index is 11.5. The molecule has 0 unspecified atom stereocenters. The van der Waals surface area contributed by atoms with E-state index in [-0.39, 0.29) is 17.1 Å². The van der Waals surface area contributed by atoms with Gasteiger partial charge in [0.05, 0.1) is 5.25 Å². The zero-order valence-corrected chi connectivity index (χ0v) is 9.44. The first-order valence-electron chi connectivity index (χ1n) is 4.99. The Bertz CT molecular complexity index is 441. The second-order valence-corrected chi connectivity index (χ2v) is 6.33. The molecule has 0 spiro atoms. The van der Waals surface area contributed by atoms with E-state index in [4.69, 9.17) is 5.73 Å². The molecule has 1 saturated carbocycles. The van der Waals surface area contributed by atoms with Crippen LogP contribution < -0.4 is 5.73 Å². The van der Waals surface area contributed by atoms with Gasteiger partial charge < -0.3 is 5.73 Å². The molecule has 1 fully saturated rings. The second-order valence-electron chi connectivity index (χ2n) is 4.13. The highest BCUT2D eigenvalue weighted by atomic mass is 32.2. The van der Waals surface area contributed by atoms with Crippen molar-refractivity contribution in [3.05, 3.63) is 35.9 Å². The van der Waals surface area contributed by atoms with Gasteiger partial charge in [0, 0.05) is 12.2 Å². The summed E-state index contributed by atoms with van der Waals surface area (Å²) in [6, 6.07) is 9.73. The highest BCUT2D eigenvalue weighted by Crippen LogP contribution is 2.51. The molecule has 1 aliphatic rings. The summed E-state index contributed by atoms with van der Waals surface area (Å²) < 4.78 is 23.0. The van der Waals surface area contributed by atoms with Crippen molar-refractivity contribution >= 4 is 9.84 Å². The maximum absolute atomic E-state index is 11.5. The highest BCUT2D eigenvalue weighted by molar-refractivity contribution is 7.91. The minimum atomic E-state index is -2.97. The summed E-state index contributed by atoms with van der Waals surface area (Å²) in [5.41, 5.74) is 6.67. The van der Waals surface area contributed by atoms with E-state index in [1.54, 1.807) is 0 Å². The first-order chi connectivity index (χ1) is 7.05. The predicted molar refractivity (Wildman–Crippen MR) is 60.4 cm³/mol. The van der Waals surface area contributed by atoms with E-state index >= 15 is 0 Å². The first kappa shape index (κ1) is 10.6. The summed E-state index contributed by atoms with van der Waals surface area (Å²) in [6.07, 6.45) is 1.29. The summed E-state index contributed by atoms with van der Waals surface area (Å²) >= 11 is 0. The number of nitrogens with two attached hydrogens (primary N) is 1. The second kappa shape index (κ2) is 3.61. The molecule has 0 heterocycles. The van der Waals surface area contributed by atoms with Crippen molar-refractivity contribution in [3.63, 3.8) is 0 Å². The molecule has 0 radical (unpaired) electrons. The van der Waals surface area contributed by atoms with Crippen LogP contribution in [-0.4, -0.2) is 26.5 Å². The van der Waals surface area contributed by atoms with Gasteiger partial charge in [-0.3, -0.25) is 0 Å². The summed E-state index contributed by atoms with van der Waals surface area (Å²) in [4.78, 5) is 0. The topological polar surface area (TPSA) is 60.2 Å². The van der Waals surface area contributed by atoms with Crippen LogP contribution in [0.1, 0.15) is 11.5 Å². The van der Waals surface area contributed by atoms with Crippen LogP contribution >= 0.6 is 0 Å². The molecule has 1 aromatic rings. The smallest absolute Gasteiger partial charge is 0.151 e. The lowest BCUT2D eigenvalue weighted by atomic mass is 10.1. The molecule has 3 nitrogen and oxygen atoms in total. The van der Waals surface area contributed by atoms with Crippen molar-refractivity contribution in [2.24, 2.45) is 11.7 Å². The lowest BCUT2D eigenvalue weighted by Crippen LogP contribution is -2.11. The van der Waals surface area contributed by atoms with Crippen LogP contribution in [0.15, 0.2) is 30.3 Å². The SMILES string of the molecule is CS(=O)(=O)[C@@H]1[C@H](CN)[C@H]1c1ccccc1. The van der Waals surface area contributed by atoms with Crippen molar-refractivity contribution in [2.75, 3.05) is 12.8 Å². The van der Waals surface area contributed by atoms with Gasteiger partial charge in [-0.25, -0.2) is 8.42 Å². The van der Waals surface area contributed by atoms with Crippen molar-refractivity contribution in [1.29, 1.82) is 0 Å². The number of benzene rings is 1. The molecule has 1 aliphatic carbocycles. The minimum Gasteiger partial charge on any atom is -0.330 e. The average molecular weight is 225 g/mol. The van der Waals surface area contributed by atoms with Crippen LogP contribution in [-0.2, 0) is 9.84 Å². The molecule has 15 heavy (non-hydrogen) atoms. The summed E-state index contributed by atoms with van der Waals surface area (Å²) in [5.74, 6) is 0.202. The molecule has 4 heteroatoms. The molecule has 0 saturated heterocycles. The Morgan fingerprint density at radius 1 is 1.27 bits per heavy atom. The Kier molecular flexibility index (Phi) is 2.56. The molecule has 0 amide bonds. The third-order valence-electron chi connectivity index (χ3n) is 3.05. The van der Waals surface area contributed by atoms with E-state index in [9.17, 15) is 8.42 Å².